The van der Waals surface area contributed by atoms with E-state index in [9.17, 15) is 9.59 Å². The van der Waals surface area contributed by atoms with Crippen LogP contribution in [0.15, 0.2) is 0 Å². The summed E-state index contributed by atoms with van der Waals surface area (Å²) >= 11 is 0. The molecule has 0 spiro atoms. The van der Waals surface area contributed by atoms with E-state index in [1.807, 2.05) is 0 Å². The molecule has 2 fully saturated rings. The first-order chi connectivity index (χ1) is 10.2. The zero-order chi connectivity index (χ0) is 15.1. The molecule has 5 heteroatoms. The van der Waals surface area contributed by atoms with Gasteiger partial charge in [-0.25, -0.2) is 0 Å². The first kappa shape index (κ1) is 16.3. The van der Waals surface area contributed by atoms with E-state index < -0.39 is 0 Å². The summed E-state index contributed by atoms with van der Waals surface area (Å²) in [5.41, 5.74) is 0. The van der Waals surface area contributed by atoms with Crippen LogP contribution in [0.1, 0.15) is 64.2 Å². The highest BCUT2D eigenvalue weighted by atomic mass is 16.3. The summed E-state index contributed by atoms with van der Waals surface area (Å²) in [6, 6.07) is 0.549. The van der Waals surface area contributed by atoms with Crippen molar-refractivity contribution in [3.05, 3.63) is 0 Å². The Balaban J connectivity index is 1.57. The first-order valence-electron chi connectivity index (χ1n) is 8.37. The van der Waals surface area contributed by atoms with E-state index in [1.54, 1.807) is 0 Å². The molecule has 0 radical (unpaired) electrons. The Labute approximate surface area is 126 Å². The maximum atomic E-state index is 11.9. The van der Waals surface area contributed by atoms with Gasteiger partial charge in [-0.1, -0.05) is 12.8 Å². The summed E-state index contributed by atoms with van der Waals surface area (Å²) < 4.78 is 0. The molecule has 0 unspecified atom stereocenters. The maximum absolute atomic E-state index is 11.9. The van der Waals surface area contributed by atoms with Crippen molar-refractivity contribution in [2.75, 3.05) is 6.61 Å². The van der Waals surface area contributed by atoms with Crippen LogP contribution in [0.4, 0.5) is 0 Å². The summed E-state index contributed by atoms with van der Waals surface area (Å²) in [4.78, 5) is 23.6. The van der Waals surface area contributed by atoms with Crippen LogP contribution in [-0.2, 0) is 9.59 Å². The lowest BCUT2D eigenvalue weighted by Gasteiger charge is -2.27. The van der Waals surface area contributed by atoms with Gasteiger partial charge in [-0.05, 0) is 44.4 Å². The van der Waals surface area contributed by atoms with Gasteiger partial charge in [-0.3, -0.25) is 9.59 Å². The normalized spacial score (nSPS) is 26.5. The molecule has 0 bridgehead atoms. The third-order valence-corrected chi connectivity index (χ3v) is 4.77. The Kier molecular flexibility index (Phi) is 6.49. The van der Waals surface area contributed by atoms with Crippen LogP contribution < -0.4 is 10.6 Å². The molecule has 0 aliphatic heterocycles. The average molecular weight is 296 g/mol. The van der Waals surface area contributed by atoms with Crippen LogP contribution in [0.25, 0.3) is 0 Å². The van der Waals surface area contributed by atoms with E-state index in [0.29, 0.717) is 12.0 Å². The van der Waals surface area contributed by atoms with Crippen LogP contribution >= 0.6 is 0 Å². The number of nitrogens with one attached hydrogen (secondary N) is 2. The van der Waals surface area contributed by atoms with Gasteiger partial charge in [0.2, 0.25) is 11.8 Å². The zero-order valence-corrected chi connectivity index (χ0v) is 12.8. The minimum absolute atomic E-state index is 0.000962. The predicted molar refractivity (Wildman–Crippen MR) is 80.6 cm³/mol. The van der Waals surface area contributed by atoms with E-state index in [-0.39, 0.29) is 37.3 Å². The number of carbonyl (C=O) groups is 2. The van der Waals surface area contributed by atoms with Crippen LogP contribution in [0.3, 0.4) is 0 Å². The Hall–Kier alpha value is -1.10. The molecule has 2 aliphatic rings. The second-order valence-electron chi connectivity index (χ2n) is 6.52. The van der Waals surface area contributed by atoms with Gasteiger partial charge in [0.25, 0.3) is 0 Å². The van der Waals surface area contributed by atoms with Crippen molar-refractivity contribution in [3.63, 3.8) is 0 Å². The number of carbonyl (C=O) groups excluding carboxylic acids is 2. The summed E-state index contributed by atoms with van der Waals surface area (Å²) in [6.07, 6.45) is 8.93. The van der Waals surface area contributed by atoms with Gasteiger partial charge in [0.1, 0.15) is 0 Å². The van der Waals surface area contributed by atoms with Crippen molar-refractivity contribution in [1.82, 2.24) is 10.6 Å². The Morgan fingerprint density at radius 3 is 1.76 bits per heavy atom. The van der Waals surface area contributed by atoms with Gasteiger partial charge >= 0.3 is 0 Å². The van der Waals surface area contributed by atoms with Crippen molar-refractivity contribution in [1.29, 1.82) is 0 Å². The summed E-state index contributed by atoms with van der Waals surface area (Å²) in [5, 5.41) is 15.1. The molecule has 3 N–H and O–H groups in total. The fourth-order valence-corrected chi connectivity index (χ4v) is 3.39. The monoisotopic (exact) mass is 296 g/mol. The highest BCUT2D eigenvalue weighted by Crippen LogP contribution is 2.23. The molecule has 0 atom stereocenters. The van der Waals surface area contributed by atoms with Gasteiger partial charge in [-0.2, -0.15) is 0 Å². The number of aliphatic hydroxyl groups is 1. The number of hydrogen-bond acceptors (Lipinski definition) is 3. The van der Waals surface area contributed by atoms with E-state index in [4.69, 9.17) is 5.11 Å². The van der Waals surface area contributed by atoms with Crippen molar-refractivity contribution in [2.45, 2.75) is 76.3 Å². The van der Waals surface area contributed by atoms with Gasteiger partial charge in [0.15, 0.2) is 0 Å². The highest BCUT2D eigenvalue weighted by Gasteiger charge is 2.22. The lowest BCUT2D eigenvalue weighted by atomic mass is 9.86. The van der Waals surface area contributed by atoms with Crippen LogP contribution in [0.5, 0.6) is 0 Å². The van der Waals surface area contributed by atoms with E-state index in [1.165, 1.54) is 12.8 Å². The Bertz CT molecular complexity index is 345. The first-order valence-corrected chi connectivity index (χ1v) is 8.37. The number of aliphatic hydroxyl groups excluding tert-OH is 1. The number of hydrogen-bond donors (Lipinski definition) is 3. The fraction of sp³-hybridized carbons (Fsp3) is 0.875. The summed E-state index contributed by atoms with van der Waals surface area (Å²) in [7, 11) is 0. The molecule has 120 valence electrons. The van der Waals surface area contributed by atoms with Crippen molar-refractivity contribution >= 4 is 11.8 Å². The molecule has 2 amide bonds. The molecule has 2 aliphatic carbocycles. The minimum Gasteiger partial charge on any atom is -0.396 e. The second kappa shape index (κ2) is 8.37. The second-order valence-corrected chi connectivity index (χ2v) is 6.52. The molecule has 0 aromatic carbocycles. The molecular weight excluding hydrogens is 268 g/mol. The van der Waals surface area contributed by atoms with Crippen LogP contribution in [0, 0.1) is 5.92 Å². The molecule has 0 aromatic rings. The Morgan fingerprint density at radius 2 is 1.29 bits per heavy atom. The summed E-state index contributed by atoms with van der Waals surface area (Å²) in [6.45, 7) is 0.252. The predicted octanol–water partition coefficient (Wildman–Crippen LogP) is 1.49. The van der Waals surface area contributed by atoms with Crippen LogP contribution in [0.2, 0.25) is 0 Å². The molecule has 2 saturated carbocycles. The standard InChI is InChI=1S/C16H28N2O3/c19-11-12-5-7-14(8-6-12)18-16(21)10-9-15(20)17-13-3-1-2-4-13/h12-14,19H,1-11H2,(H,17,20)(H,18,21). The van der Waals surface area contributed by atoms with Gasteiger partial charge in [0, 0.05) is 31.5 Å². The molecule has 5 nitrogen and oxygen atoms in total. The largest absolute Gasteiger partial charge is 0.396 e. The highest BCUT2D eigenvalue weighted by molar-refractivity contribution is 5.84. The summed E-state index contributed by atoms with van der Waals surface area (Å²) in [5.74, 6) is 0.375. The third kappa shape index (κ3) is 5.65. The van der Waals surface area contributed by atoms with E-state index in [0.717, 1.165) is 38.5 Å². The Morgan fingerprint density at radius 1 is 0.810 bits per heavy atom. The number of rotatable bonds is 6. The quantitative estimate of drug-likeness (QED) is 0.695. The van der Waals surface area contributed by atoms with Crippen molar-refractivity contribution in [2.24, 2.45) is 5.92 Å². The number of amides is 2. The average Bonchev–Trinajstić information content (AvgIpc) is 2.99. The molecule has 2 rings (SSSR count). The fourth-order valence-electron chi connectivity index (χ4n) is 3.39. The van der Waals surface area contributed by atoms with Gasteiger partial charge < -0.3 is 15.7 Å². The lowest BCUT2D eigenvalue weighted by Crippen LogP contribution is -2.39. The molecule has 0 heterocycles. The van der Waals surface area contributed by atoms with Crippen LogP contribution in [-0.4, -0.2) is 35.6 Å². The smallest absolute Gasteiger partial charge is 0.220 e. The molecule has 21 heavy (non-hydrogen) atoms. The van der Waals surface area contributed by atoms with Gasteiger partial charge in [0.05, 0.1) is 0 Å². The zero-order valence-electron chi connectivity index (χ0n) is 12.8. The van der Waals surface area contributed by atoms with E-state index in [2.05, 4.69) is 10.6 Å². The van der Waals surface area contributed by atoms with Crippen molar-refractivity contribution in [3.8, 4) is 0 Å². The molecule has 0 saturated heterocycles. The molecule has 0 aromatic heterocycles. The minimum atomic E-state index is -0.0241. The third-order valence-electron chi connectivity index (χ3n) is 4.77. The SMILES string of the molecule is O=C(CCC(=O)NC1CCC(CO)CC1)NC1CCCC1. The lowest BCUT2D eigenvalue weighted by molar-refractivity contribution is -0.127. The van der Waals surface area contributed by atoms with Crippen molar-refractivity contribution < 1.29 is 14.7 Å². The topological polar surface area (TPSA) is 78.4 Å². The maximum Gasteiger partial charge on any atom is 0.220 e. The van der Waals surface area contributed by atoms with Gasteiger partial charge in [-0.15, -0.1) is 0 Å². The molecular formula is C16H28N2O3. The van der Waals surface area contributed by atoms with E-state index >= 15 is 0 Å².